The molecule has 0 radical (unpaired) electrons. The first-order valence-corrected chi connectivity index (χ1v) is 11.8. The van der Waals surface area contributed by atoms with Crippen LogP contribution in [0.15, 0.2) is 29.6 Å². The van der Waals surface area contributed by atoms with Gasteiger partial charge in [0.25, 0.3) is 0 Å². The van der Waals surface area contributed by atoms with Gasteiger partial charge in [-0.15, -0.1) is 11.3 Å². The number of anilines is 1. The van der Waals surface area contributed by atoms with Crippen LogP contribution in [0.2, 0.25) is 5.02 Å². The van der Waals surface area contributed by atoms with Crippen LogP contribution in [0.5, 0.6) is 0 Å². The summed E-state index contributed by atoms with van der Waals surface area (Å²) in [5.74, 6) is -0.264. The smallest absolute Gasteiger partial charge is 0.244 e. The highest BCUT2D eigenvalue weighted by molar-refractivity contribution is 7.89. The van der Waals surface area contributed by atoms with Crippen LogP contribution < -0.4 is 5.32 Å². The van der Waals surface area contributed by atoms with Gasteiger partial charge in [0.1, 0.15) is 6.04 Å². The quantitative estimate of drug-likeness (QED) is 0.755. The SMILES string of the molecule is CCCS(=O)(=O)N1CCCCC1C(=O)Nc1nc(-c2ccccc2Cl)cs1. The molecule has 1 aromatic carbocycles. The summed E-state index contributed by atoms with van der Waals surface area (Å²) in [7, 11) is -3.43. The van der Waals surface area contributed by atoms with Crippen LogP contribution in [-0.4, -0.2) is 42.0 Å². The summed E-state index contributed by atoms with van der Waals surface area (Å²) < 4.78 is 26.4. The molecule has 6 nitrogen and oxygen atoms in total. The van der Waals surface area contributed by atoms with Crippen molar-refractivity contribution in [2.45, 2.75) is 38.6 Å². The second kappa shape index (κ2) is 8.68. The Labute approximate surface area is 168 Å². The van der Waals surface area contributed by atoms with Gasteiger partial charge in [-0.2, -0.15) is 4.31 Å². The molecule has 1 unspecified atom stereocenters. The number of aromatic nitrogens is 1. The molecule has 2 heterocycles. The highest BCUT2D eigenvalue weighted by Crippen LogP contribution is 2.31. The van der Waals surface area contributed by atoms with Gasteiger partial charge in [0.05, 0.1) is 11.4 Å². The Morgan fingerprint density at radius 2 is 2.15 bits per heavy atom. The van der Waals surface area contributed by atoms with Crippen molar-refractivity contribution in [1.29, 1.82) is 0 Å². The number of piperidine rings is 1. The maximum atomic E-state index is 12.8. The standard InChI is InChI=1S/C18H22ClN3O3S2/c1-2-11-27(24,25)22-10-6-5-9-16(22)17(23)21-18-20-15(12-26-18)13-7-3-4-8-14(13)19/h3-4,7-8,12,16H,2,5-6,9-11H2,1H3,(H,20,21,23). The zero-order chi connectivity index (χ0) is 19.4. The minimum Gasteiger partial charge on any atom is -0.301 e. The van der Waals surface area contributed by atoms with E-state index in [0.717, 1.165) is 18.4 Å². The fraction of sp³-hybridized carbons (Fsp3) is 0.444. The number of hydrogen-bond donors (Lipinski definition) is 1. The lowest BCUT2D eigenvalue weighted by atomic mass is 10.0. The van der Waals surface area contributed by atoms with Crippen molar-refractivity contribution in [2.75, 3.05) is 17.6 Å². The van der Waals surface area contributed by atoms with Gasteiger partial charge in [-0.1, -0.05) is 43.1 Å². The molecular formula is C18H22ClN3O3S2. The highest BCUT2D eigenvalue weighted by atomic mass is 35.5. The number of carbonyl (C=O) groups excluding carboxylic acids is 1. The van der Waals surface area contributed by atoms with Crippen molar-refractivity contribution in [3.63, 3.8) is 0 Å². The molecule has 146 valence electrons. The molecule has 3 rings (SSSR count). The normalized spacial score (nSPS) is 18.4. The summed E-state index contributed by atoms with van der Waals surface area (Å²) >= 11 is 7.49. The zero-order valence-electron chi connectivity index (χ0n) is 15.0. The first-order chi connectivity index (χ1) is 12.9. The molecule has 27 heavy (non-hydrogen) atoms. The summed E-state index contributed by atoms with van der Waals surface area (Å²) in [5.41, 5.74) is 1.47. The van der Waals surface area contributed by atoms with Crippen LogP contribution >= 0.6 is 22.9 Å². The fourth-order valence-corrected chi connectivity index (χ4v) is 5.88. The predicted octanol–water partition coefficient (Wildman–Crippen LogP) is 4.00. The molecular weight excluding hydrogens is 406 g/mol. The van der Waals surface area contributed by atoms with Crippen molar-refractivity contribution in [3.05, 3.63) is 34.7 Å². The van der Waals surface area contributed by atoms with Gasteiger partial charge in [0.2, 0.25) is 15.9 Å². The first-order valence-electron chi connectivity index (χ1n) is 8.93. The largest absolute Gasteiger partial charge is 0.301 e. The third kappa shape index (κ3) is 4.68. The molecule has 9 heteroatoms. The van der Waals surface area contributed by atoms with Crippen LogP contribution in [0.1, 0.15) is 32.6 Å². The van der Waals surface area contributed by atoms with Crippen LogP contribution in [-0.2, 0) is 14.8 Å². The molecule has 1 aromatic heterocycles. The number of benzene rings is 1. The van der Waals surface area contributed by atoms with Gasteiger partial charge in [0, 0.05) is 22.5 Å². The molecule has 1 aliphatic rings. The number of nitrogens with zero attached hydrogens (tertiary/aromatic N) is 2. The Morgan fingerprint density at radius 1 is 1.37 bits per heavy atom. The first kappa shape index (κ1) is 20.3. The summed E-state index contributed by atoms with van der Waals surface area (Å²) in [4.78, 5) is 17.2. The van der Waals surface area contributed by atoms with Crippen LogP contribution in [0.3, 0.4) is 0 Å². The Morgan fingerprint density at radius 3 is 2.89 bits per heavy atom. The number of carbonyl (C=O) groups is 1. The molecule has 0 aliphatic carbocycles. The molecule has 2 aromatic rings. The predicted molar refractivity (Wildman–Crippen MR) is 110 cm³/mol. The van der Waals surface area contributed by atoms with E-state index in [0.29, 0.717) is 35.2 Å². The van der Waals surface area contributed by atoms with E-state index < -0.39 is 16.1 Å². The number of thiazole rings is 1. The zero-order valence-corrected chi connectivity index (χ0v) is 17.4. The van der Waals surface area contributed by atoms with Crippen molar-refractivity contribution < 1.29 is 13.2 Å². The maximum absolute atomic E-state index is 12.8. The van der Waals surface area contributed by atoms with Crippen molar-refractivity contribution in [2.24, 2.45) is 0 Å². The van der Waals surface area contributed by atoms with Gasteiger partial charge < -0.3 is 5.32 Å². The maximum Gasteiger partial charge on any atom is 0.244 e. The third-order valence-electron chi connectivity index (χ3n) is 4.46. The lowest BCUT2D eigenvalue weighted by molar-refractivity contribution is -0.120. The van der Waals surface area contributed by atoms with E-state index in [9.17, 15) is 13.2 Å². The van der Waals surface area contributed by atoms with Crippen LogP contribution in [0.4, 0.5) is 5.13 Å². The minimum atomic E-state index is -3.43. The van der Waals surface area contributed by atoms with Gasteiger partial charge >= 0.3 is 0 Å². The molecule has 0 saturated carbocycles. The summed E-state index contributed by atoms with van der Waals surface area (Å²) in [6.45, 7) is 2.21. The van der Waals surface area contributed by atoms with E-state index in [2.05, 4.69) is 10.3 Å². The minimum absolute atomic E-state index is 0.0602. The number of amides is 1. The van der Waals surface area contributed by atoms with E-state index >= 15 is 0 Å². The second-order valence-electron chi connectivity index (χ2n) is 6.45. The van der Waals surface area contributed by atoms with E-state index in [-0.39, 0.29) is 11.7 Å². The summed E-state index contributed by atoms with van der Waals surface area (Å²) in [6, 6.07) is 6.69. The van der Waals surface area contributed by atoms with Gasteiger partial charge in [-0.05, 0) is 25.3 Å². The topological polar surface area (TPSA) is 79.4 Å². The molecule has 1 N–H and O–H groups in total. The van der Waals surface area contributed by atoms with Crippen LogP contribution in [0, 0.1) is 0 Å². The second-order valence-corrected chi connectivity index (χ2v) is 9.75. The molecule has 1 amide bonds. The molecule has 0 spiro atoms. The lowest BCUT2D eigenvalue weighted by Gasteiger charge is -2.33. The van der Waals surface area contributed by atoms with E-state index in [1.54, 1.807) is 6.07 Å². The monoisotopic (exact) mass is 427 g/mol. The number of rotatable bonds is 6. The van der Waals surface area contributed by atoms with Crippen molar-refractivity contribution >= 4 is 44.0 Å². The number of hydrogen-bond acceptors (Lipinski definition) is 5. The Kier molecular flexibility index (Phi) is 6.52. The van der Waals surface area contributed by atoms with E-state index in [4.69, 9.17) is 11.6 Å². The van der Waals surface area contributed by atoms with Crippen molar-refractivity contribution in [1.82, 2.24) is 9.29 Å². The number of nitrogens with one attached hydrogen (secondary N) is 1. The highest BCUT2D eigenvalue weighted by Gasteiger charge is 2.36. The average Bonchev–Trinajstić information content (AvgIpc) is 3.10. The van der Waals surface area contributed by atoms with Crippen LogP contribution in [0.25, 0.3) is 11.3 Å². The van der Waals surface area contributed by atoms with Gasteiger partial charge in [-0.3, -0.25) is 4.79 Å². The number of halogens is 1. The molecule has 1 atom stereocenters. The third-order valence-corrected chi connectivity index (χ3v) is 7.62. The lowest BCUT2D eigenvalue weighted by Crippen LogP contribution is -2.50. The Hall–Kier alpha value is -1.48. The average molecular weight is 428 g/mol. The Balaban J connectivity index is 1.75. The van der Waals surface area contributed by atoms with Gasteiger partial charge in [-0.25, -0.2) is 13.4 Å². The summed E-state index contributed by atoms with van der Waals surface area (Å²) in [6.07, 6.45) is 2.66. The van der Waals surface area contributed by atoms with Gasteiger partial charge in [0.15, 0.2) is 5.13 Å². The molecule has 1 saturated heterocycles. The molecule has 1 aliphatic heterocycles. The Bertz CT molecular complexity index is 914. The summed E-state index contributed by atoms with van der Waals surface area (Å²) in [5, 5.41) is 5.63. The van der Waals surface area contributed by atoms with E-state index in [1.165, 1.54) is 15.6 Å². The molecule has 0 bridgehead atoms. The van der Waals surface area contributed by atoms with Crippen molar-refractivity contribution in [3.8, 4) is 11.3 Å². The van der Waals surface area contributed by atoms with E-state index in [1.807, 2.05) is 30.5 Å². The number of sulfonamides is 1. The fourth-order valence-electron chi connectivity index (χ4n) is 3.19. The molecule has 1 fully saturated rings.